The van der Waals surface area contributed by atoms with Gasteiger partial charge >= 0.3 is 0 Å². The maximum Gasteiger partial charge on any atom is 0.295 e. The number of aryl methyl sites for hydroxylation is 2. The summed E-state index contributed by atoms with van der Waals surface area (Å²) >= 11 is 0. The van der Waals surface area contributed by atoms with Crippen LogP contribution in [0.2, 0.25) is 0 Å². The van der Waals surface area contributed by atoms with E-state index in [4.69, 9.17) is 4.74 Å². The second kappa shape index (κ2) is 10.3. The highest BCUT2D eigenvalue weighted by atomic mass is 16.5. The summed E-state index contributed by atoms with van der Waals surface area (Å²) in [7, 11) is 0. The van der Waals surface area contributed by atoms with Crippen LogP contribution in [-0.2, 0) is 4.79 Å². The lowest BCUT2D eigenvalue weighted by molar-refractivity contribution is -0.116. The summed E-state index contributed by atoms with van der Waals surface area (Å²) in [5.74, 6) is -1.11. The first-order valence-corrected chi connectivity index (χ1v) is 11.4. The van der Waals surface area contributed by atoms with Gasteiger partial charge in [-0.1, -0.05) is 17.7 Å². The van der Waals surface area contributed by atoms with Crippen LogP contribution in [0.15, 0.2) is 70.9 Å². The summed E-state index contributed by atoms with van der Waals surface area (Å²) < 4.78 is 6.69. The van der Waals surface area contributed by atoms with Crippen LogP contribution in [0.1, 0.15) is 28.4 Å². The molecule has 2 amide bonds. The molecule has 4 rings (SSSR count). The zero-order chi connectivity index (χ0) is 25.8. The normalized spacial score (nSPS) is 11.2. The summed E-state index contributed by atoms with van der Waals surface area (Å²) in [6, 6.07) is 17.0. The molecular weight excluding hydrogens is 460 g/mol. The maximum absolute atomic E-state index is 12.5. The standard InChI is InChI=1S/C27H26N4O5/c1-4-36-20-9-7-19(8-10-20)31-26(34)21-11-6-18(14-22(21)27(31)35)25(33)30-29-24(32)15-28-23-12-5-16(2)13-17(23)3/h5-14,28,34-35H,4,15H2,1-3H3. The quantitative estimate of drug-likeness (QED) is 0.305. The van der Waals surface area contributed by atoms with E-state index >= 15 is 0 Å². The van der Waals surface area contributed by atoms with Crippen molar-refractivity contribution < 1.29 is 24.5 Å². The zero-order valence-corrected chi connectivity index (χ0v) is 20.1. The molecule has 0 atom stereocenters. The van der Waals surface area contributed by atoms with Crippen molar-refractivity contribution in [3.8, 4) is 23.2 Å². The minimum atomic E-state index is -0.746. The smallest absolute Gasteiger partial charge is 0.295 e. The van der Waals surface area contributed by atoms with E-state index in [1.807, 2.05) is 39.0 Å². The maximum atomic E-state index is 12.5. The van der Waals surface area contributed by atoms with Crippen molar-refractivity contribution in [3.63, 3.8) is 0 Å². The highest BCUT2D eigenvalue weighted by molar-refractivity contribution is 6.02. The molecular formula is C27H26N4O5. The average Bonchev–Trinajstić information content (AvgIpc) is 3.12. The Kier molecular flexibility index (Phi) is 7.00. The number of anilines is 1. The summed E-state index contributed by atoms with van der Waals surface area (Å²) in [6.45, 7) is 6.19. The van der Waals surface area contributed by atoms with Gasteiger partial charge in [-0.25, -0.2) is 0 Å². The second-order valence-electron chi connectivity index (χ2n) is 8.24. The first-order valence-electron chi connectivity index (χ1n) is 11.4. The number of nitrogens with one attached hydrogen (secondary N) is 1. The molecule has 9 nitrogen and oxygen atoms in total. The highest BCUT2D eigenvalue weighted by Gasteiger charge is 2.19. The van der Waals surface area contributed by atoms with Gasteiger partial charge in [-0.15, -0.1) is 10.2 Å². The lowest BCUT2D eigenvalue weighted by atomic mass is 10.1. The Hall–Kier alpha value is -4.66. The lowest BCUT2D eigenvalue weighted by Crippen LogP contribution is -2.12. The molecule has 36 heavy (non-hydrogen) atoms. The van der Waals surface area contributed by atoms with Crippen LogP contribution in [0.5, 0.6) is 17.5 Å². The first kappa shape index (κ1) is 24.5. The number of carbonyl (C=O) groups is 2. The number of aromatic hydroxyl groups is 2. The fraction of sp³-hybridized carbons (Fsp3) is 0.185. The third-order valence-corrected chi connectivity index (χ3v) is 5.64. The summed E-state index contributed by atoms with van der Waals surface area (Å²) in [5.41, 5.74) is 3.53. The van der Waals surface area contributed by atoms with Gasteiger partial charge in [0.1, 0.15) is 5.75 Å². The zero-order valence-electron chi connectivity index (χ0n) is 20.1. The van der Waals surface area contributed by atoms with Crippen LogP contribution in [0, 0.1) is 13.8 Å². The minimum Gasteiger partial charge on any atom is -0.494 e. The third kappa shape index (κ3) is 5.05. The van der Waals surface area contributed by atoms with E-state index in [2.05, 4.69) is 15.5 Å². The van der Waals surface area contributed by atoms with Crippen molar-refractivity contribution in [1.29, 1.82) is 0 Å². The highest BCUT2D eigenvalue weighted by Crippen LogP contribution is 2.39. The van der Waals surface area contributed by atoms with Crippen LogP contribution in [0.4, 0.5) is 5.69 Å². The number of hydrogen-bond acceptors (Lipinski definition) is 6. The number of azo groups is 1. The Balaban J connectivity index is 1.50. The fourth-order valence-corrected chi connectivity index (χ4v) is 3.88. The van der Waals surface area contributed by atoms with Crippen molar-refractivity contribution >= 4 is 28.3 Å². The molecule has 0 fully saturated rings. The van der Waals surface area contributed by atoms with Gasteiger partial charge in [0.2, 0.25) is 11.8 Å². The number of rotatable bonds is 7. The van der Waals surface area contributed by atoms with Gasteiger partial charge in [-0.2, -0.15) is 0 Å². The van der Waals surface area contributed by atoms with Crippen LogP contribution in [0.25, 0.3) is 16.5 Å². The fourth-order valence-electron chi connectivity index (χ4n) is 3.88. The molecule has 0 saturated carbocycles. The molecule has 0 bridgehead atoms. The Labute approximate surface area is 207 Å². The SMILES string of the molecule is CCOc1ccc(-n2c(O)c3ccc(C(=O)N=NC(=O)CNc4ccc(C)cc4C)cc3c2O)cc1. The van der Waals surface area contributed by atoms with Crippen molar-refractivity contribution in [2.75, 3.05) is 18.5 Å². The van der Waals surface area contributed by atoms with Crippen molar-refractivity contribution in [2.24, 2.45) is 10.2 Å². The lowest BCUT2D eigenvalue weighted by Gasteiger charge is -2.08. The summed E-state index contributed by atoms with van der Waals surface area (Å²) in [5, 5.41) is 32.1. The van der Waals surface area contributed by atoms with Gasteiger partial charge in [-0.3, -0.25) is 14.2 Å². The predicted molar refractivity (Wildman–Crippen MR) is 136 cm³/mol. The number of benzene rings is 3. The molecule has 0 spiro atoms. The third-order valence-electron chi connectivity index (χ3n) is 5.64. The number of amides is 2. The van der Waals surface area contributed by atoms with Crippen LogP contribution >= 0.6 is 0 Å². The van der Waals surface area contributed by atoms with Crippen LogP contribution in [0.3, 0.4) is 0 Å². The molecule has 4 aromatic rings. The molecule has 0 aliphatic heterocycles. The largest absolute Gasteiger partial charge is 0.494 e. The van der Waals surface area contributed by atoms with E-state index < -0.39 is 11.8 Å². The van der Waals surface area contributed by atoms with E-state index in [0.717, 1.165) is 16.8 Å². The molecule has 1 heterocycles. The molecule has 1 aromatic heterocycles. The molecule has 0 unspecified atom stereocenters. The first-order chi connectivity index (χ1) is 17.3. The van der Waals surface area contributed by atoms with Crippen molar-refractivity contribution in [1.82, 2.24) is 4.57 Å². The van der Waals surface area contributed by atoms with Gasteiger partial charge in [0.15, 0.2) is 0 Å². The van der Waals surface area contributed by atoms with E-state index in [0.29, 0.717) is 23.4 Å². The van der Waals surface area contributed by atoms with E-state index in [9.17, 15) is 19.8 Å². The Morgan fingerprint density at radius 1 is 0.917 bits per heavy atom. The Morgan fingerprint density at radius 2 is 1.64 bits per heavy atom. The van der Waals surface area contributed by atoms with E-state index in [1.54, 1.807) is 24.3 Å². The Morgan fingerprint density at radius 3 is 2.33 bits per heavy atom. The topological polar surface area (TPSA) is 126 Å². The molecule has 0 radical (unpaired) electrons. The van der Waals surface area contributed by atoms with E-state index in [-0.39, 0.29) is 29.3 Å². The number of ether oxygens (including phenoxy) is 1. The van der Waals surface area contributed by atoms with Gasteiger partial charge < -0.3 is 20.3 Å². The minimum absolute atomic E-state index is 0.112. The number of hydrogen-bond donors (Lipinski definition) is 3. The summed E-state index contributed by atoms with van der Waals surface area (Å²) in [4.78, 5) is 24.6. The molecule has 3 N–H and O–H groups in total. The number of nitrogens with zero attached hydrogens (tertiary/aromatic N) is 3. The van der Waals surface area contributed by atoms with Gasteiger partial charge in [0, 0.05) is 22.0 Å². The second-order valence-corrected chi connectivity index (χ2v) is 8.24. The summed E-state index contributed by atoms with van der Waals surface area (Å²) in [6.07, 6.45) is 0. The van der Waals surface area contributed by atoms with Gasteiger partial charge in [0.25, 0.3) is 11.8 Å². The molecule has 184 valence electrons. The monoisotopic (exact) mass is 486 g/mol. The van der Waals surface area contributed by atoms with Gasteiger partial charge in [0.05, 0.1) is 18.8 Å². The van der Waals surface area contributed by atoms with E-state index in [1.165, 1.54) is 22.8 Å². The molecule has 9 heteroatoms. The molecule has 3 aromatic carbocycles. The molecule has 0 saturated heterocycles. The number of fused-ring (bicyclic) bond motifs is 1. The van der Waals surface area contributed by atoms with Crippen LogP contribution < -0.4 is 10.1 Å². The van der Waals surface area contributed by atoms with Crippen molar-refractivity contribution in [2.45, 2.75) is 20.8 Å². The number of aromatic nitrogens is 1. The molecule has 0 aliphatic carbocycles. The number of carbonyl (C=O) groups excluding carboxylic acids is 2. The predicted octanol–water partition coefficient (Wildman–Crippen LogP) is 5.29. The molecule has 0 aliphatic rings. The van der Waals surface area contributed by atoms with Gasteiger partial charge in [-0.05, 0) is 74.9 Å². The van der Waals surface area contributed by atoms with Crippen molar-refractivity contribution in [3.05, 3.63) is 77.4 Å². The van der Waals surface area contributed by atoms with Crippen LogP contribution in [-0.4, -0.2) is 39.7 Å². The average molecular weight is 487 g/mol. The Bertz CT molecular complexity index is 1470.